The summed E-state index contributed by atoms with van der Waals surface area (Å²) in [4.78, 5) is 11.5. The SMILES string of the molecule is CCC(C)(C)C1CCc2sc3ncnc(NN=Cc4ccccc4Cl)c3c2C1. The van der Waals surface area contributed by atoms with E-state index in [0.29, 0.717) is 16.4 Å². The van der Waals surface area contributed by atoms with Crippen LogP contribution in [0.3, 0.4) is 0 Å². The highest BCUT2D eigenvalue weighted by molar-refractivity contribution is 7.19. The standard InChI is InChI=1S/C22H25ClN4S/c1-4-22(2,3)15-9-10-18-16(11-15)19-20(24-13-25-21(19)28-18)27-26-12-14-7-5-6-8-17(14)23/h5-8,12-13,15H,4,9-11H2,1-3H3,(H,24,25,27). The number of anilines is 1. The molecule has 0 saturated heterocycles. The van der Waals surface area contributed by atoms with Crippen LogP contribution >= 0.6 is 22.9 Å². The van der Waals surface area contributed by atoms with E-state index in [1.165, 1.54) is 23.3 Å². The molecule has 1 aliphatic carbocycles. The van der Waals surface area contributed by atoms with Crippen LogP contribution in [0.15, 0.2) is 35.7 Å². The van der Waals surface area contributed by atoms with E-state index in [1.807, 2.05) is 24.3 Å². The second-order valence-electron chi connectivity index (χ2n) is 8.08. The number of fused-ring (bicyclic) bond motifs is 3. The number of aryl methyl sites for hydroxylation is 1. The third-order valence-electron chi connectivity index (χ3n) is 6.14. The fourth-order valence-corrected chi connectivity index (χ4v) is 5.26. The number of hydrogen-bond acceptors (Lipinski definition) is 5. The van der Waals surface area contributed by atoms with Gasteiger partial charge in [-0.25, -0.2) is 9.97 Å². The van der Waals surface area contributed by atoms with Crippen molar-refractivity contribution in [2.24, 2.45) is 16.4 Å². The highest BCUT2D eigenvalue weighted by Crippen LogP contribution is 2.45. The summed E-state index contributed by atoms with van der Waals surface area (Å²) in [5, 5.41) is 6.20. The molecule has 1 aliphatic rings. The molecule has 146 valence electrons. The van der Waals surface area contributed by atoms with Crippen LogP contribution in [0.1, 0.15) is 49.6 Å². The lowest BCUT2D eigenvalue weighted by Crippen LogP contribution is -2.28. The van der Waals surface area contributed by atoms with Gasteiger partial charge in [-0.1, -0.05) is 57.0 Å². The number of rotatable bonds is 5. The van der Waals surface area contributed by atoms with Gasteiger partial charge in [-0.3, -0.25) is 5.43 Å². The first-order valence-corrected chi connectivity index (χ1v) is 11.0. The predicted octanol–water partition coefficient (Wildman–Crippen LogP) is 6.33. The molecule has 0 amide bonds. The summed E-state index contributed by atoms with van der Waals surface area (Å²) in [5.74, 6) is 1.46. The Balaban J connectivity index is 1.66. The maximum absolute atomic E-state index is 6.21. The Bertz CT molecular complexity index is 1020. The Morgan fingerprint density at radius 1 is 1.32 bits per heavy atom. The lowest BCUT2D eigenvalue weighted by atomic mass is 9.69. The van der Waals surface area contributed by atoms with Crippen molar-refractivity contribution in [1.82, 2.24) is 9.97 Å². The smallest absolute Gasteiger partial charge is 0.158 e. The molecule has 4 nitrogen and oxygen atoms in total. The number of hydrazone groups is 1. The number of thiophene rings is 1. The largest absolute Gasteiger partial charge is 0.261 e. The average molecular weight is 413 g/mol. The van der Waals surface area contributed by atoms with Crippen molar-refractivity contribution >= 4 is 45.2 Å². The molecule has 1 aromatic carbocycles. The maximum Gasteiger partial charge on any atom is 0.158 e. The summed E-state index contributed by atoms with van der Waals surface area (Å²) < 4.78 is 0. The number of nitrogens with one attached hydrogen (secondary N) is 1. The van der Waals surface area contributed by atoms with Gasteiger partial charge in [-0.2, -0.15) is 5.10 Å². The minimum Gasteiger partial charge on any atom is -0.261 e. The van der Waals surface area contributed by atoms with Crippen molar-refractivity contribution in [1.29, 1.82) is 0 Å². The van der Waals surface area contributed by atoms with Gasteiger partial charge in [0.25, 0.3) is 0 Å². The van der Waals surface area contributed by atoms with Crippen LogP contribution in [0.5, 0.6) is 0 Å². The summed E-state index contributed by atoms with van der Waals surface area (Å²) in [6.07, 6.45) is 8.02. The molecule has 0 saturated carbocycles. The van der Waals surface area contributed by atoms with Crippen LogP contribution < -0.4 is 5.43 Å². The number of hydrogen-bond donors (Lipinski definition) is 1. The van der Waals surface area contributed by atoms with Crippen LogP contribution in [0.4, 0.5) is 5.82 Å². The Labute approximate surface area is 175 Å². The quantitative estimate of drug-likeness (QED) is 0.393. The van der Waals surface area contributed by atoms with Crippen molar-refractivity contribution in [2.75, 3.05) is 5.43 Å². The number of benzene rings is 1. The highest BCUT2D eigenvalue weighted by atomic mass is 35.5. The van der Waals surface area contributed by atoms with Crippen LogP contribution in [0.2, 0.25) is 5.02 Å². The number of aromatic nitrogens is 2. The van der Waals surface area contributed by atoms with Gasteiger partial charge in [0, 0.05) is 15.5 Å². The van der Waals surface area contributed by atoms with Crippen LogP contribution in [-0.2, 0) is 12.8 Å². The fraction of sp³-hybridized carbons (Fsp3) is 0.409. The summed E-state index contributed by atoms with van der Waals surface area (Å²) in [6.45, 7) is 7.07. The van der Waals surface area contributed by atoms with Gasteiger partial charge in [0.2, 0.25) is 0 Å². The monoisotopic (exact) mass is 412 g/mol. The van der Waals surface area contributed by atoms with Gasteiger partial charge in [-0.05, 0) is 42.2 Å². The molecule has 1 atom stereocenters. The average Bonchev–Trinajstić information content (AvgIpc) is 3.08. The van der Waals surface area contributed by atoms with E-state index >= 15 is 0 Å². The summed E-state index contributed by atoms with van der Waals surface area (Å²) in [6, 6.07) is 7.65. The first-order chi connectivity index (χ1) is 13.5. The van der Waals surface area contributed by atoms with Gasteiger partial charge < -0.3 is 0 Å². The molecular formula is C22H25ClN4S. The highest BCUT2D eigenvalue weighted by Gasteiger charge is 2.33. The molecule has 0 bridgehead atoms. The van der Waals surface area contributed by atoms with Gasteiger partial charge in [0.1, 0.15) is 11.2 Å². The van der Waals surface area contributed by atoms with E-state index in [-0.39, 0.29) is 0 Å². The molecule has 28 heavy (non-hydrogen) atoms. The molecule has 0 aliphatic heterocycles. The second-order valence-corrected chi connectivity index (χ2v) is 9.57. The molecule has 3 aromatic rings. The number of halogens is 1. The van der Waals surface area contributed by atoms with Crippen LogP contribution in [0, 0.1) is 11.3 Å². The minimum absolute atomic E-state index is 0.345. The van der Waals surface area contributed by atoms with E-state index < -0.39 is 0 Å². The van der Waals surface area contributed by atoms with Crippen molar-refractivity contribution < 1.29 is 0 Å². The van der Waals surface area contributed by atoms with Crippen molar-refractivity contribution in [2.45, 2.75) is 46.5 Å². The summed E-state index contributed by atoms with van der Waals surface area (Å²) in [7, 11) is 0. The predicted molar refractivity (Wildman–Crippen MR) is 120 cm³/mol. The molecular weight excluding hydrogens is 388 g/mol. The minimum atomic E-state index is 0.345. The van der Waals surface area contributed by atoms with E-state index in [2.05, 4.69) is 41.3 Å². The molecule has 1 unspecified atom stereocenters. The molecule has 1 N–H and O–H groups in total. The zero-order chi connectivity index (χ0) is 19.7. The van der Waals surface area contributed by atoms with Crippen molar-refractivity contribution in [3.63, 3.8) is 0 Å². The fourth-order valence-electron chi connectivity index (χ4n) is 3.89. The zero-order valence-electron chi connectivity index (χ0n) is 16.5. The Kier molecular flexibility index (Phi) is 5.39. The summed E-state index contributed by atoms with van der Waals surface area (Å²) >= 11 is 8.01. The molecule has 0 spiro atoms. The van der Waals surface area contributed by atoms with Crippen LogP contribution in [-0.4, -0.2) is 16.2 Å². The lowest BCUT2D eigenvalue weighted by molar-refractivity contribution is 0.184. The Morgan fingerprint density at radius 3 is 2.93 bits per heavy atom. The van der Waals surface area contributed by atoms with Gasteiger partial charge in [0.15, 0.2) is 5.82 Å². The van der Waals surface area contributed by atoms with E-state index in [0.717, 1.165) is 34.4 Å². The molecule has 2 aromatic heterocycles. The van der Waals surface area contributed by atoms with Gasteiger partial charge >= 0.3 is 0 Å². The van der Waals surface area contributed by atoms with E-state index in [4.69, 9.17) is 11.6 Å². The molecule has 4 rings (SSSR count). The Hall–Kier alpha value is -1.98. The molecule has 0 radical (unpaired) electrons. The van der Waals surface area contributed by atoms with E-state index in [9.17, 15) is 0 Å². The second kappa shape index (κ2) is 7.80. The Morgan fingerprint density at radius 2 is 2.14 bits per heavy atom. The number of nitrogens with zero attached hydrogens (tertiary/aromatic N) is 3. The lowest BCUT2D eigenvalue weighted by Gasteiger charge is -2.36. The summed E-state index contributed by atoms with van der Waals surface area (Å²) in [5.41, 5.74) is 5.76. The van der Waals surface area contributed by atoms with Crippen molar-refractivity contribution in [3.8, 4) is 0 Å². The van der Waals surface area contributed by atoms with Crippen molar-refractivity contribution in [3.05, 3.63) is 51.6 Å². The first-order valence-electron chi connectivity index (χ1n) is 9.78. The van der Waals surface area contributed by atoms with E-state index in [1.54, 1.807) is 23.9 Å². The maximum atomic E-state index is 6.21. The molecule has 2 heterocycles. The topological polar surface area (TPSA) is 50.2 Å². The normalized spacial score (nSPS) is 17.2. The molecule has 6 heteroatoms. The third kappa shape index (κ3) is 3.65. The first kappa shape index (κ1) is 19.3. The zero-order valence-corrected chi connectivity index (χ0v) is 18.1. The van der Waals surface area contributed by atoms with Gasteiger partial charge in [0.05, 0.1) is 11.6 Å². The van der Waals surface area contributed by atoms with Crippen LogP contribution in [0.25, 0.3) is 10.2 Å². The van der Waals surface area contributed by atoms with Gasteiger partial charge in [-0.15, -0.1) is 11.3 Å². The third-order valence-corrected chi connectivity index (χ3v) is 7.68. The molecule has 0 fully saturated rings.